The summed E-state index contributed by atoms with van der Waals surface area (Å²) in [6, 6.07) is 18.1. The van der Waals surface area contributed by atoms with Gasteiger partial charge in [0.2, 0.25) is 6.79 Å². The molecule has 0 spiro atoms. The summed E-state index contributed by atoms with van der Waals surface area (Å²) in [6.45, 7) is 2.86. The molecule has 2 heterocycles. The fourth-order valence-corrected chi connectivity index (χ4v) is 4.18. The maximum absolute atomic E-state index is 13.6. The van der Waals surface area contributed by atoms with Gasteiger partial charge < -0.3 is 18.9 Å². The highest BCUT2D eigenvalue weighted by Crippen LogP contribution is 2.36. The van der Waals surface area contributed by atoms with Crippen LogP contribution in [0.2, 0.25) is 0 Å². The van der Waals surface area contributed by atoms with Gasteiger partial charge >= 0.3 is 0 Å². The van der Waals surface area contributed by atoms with E-state index in [0.29, 0.717) is 46.3 Å². The van der Waals surface area contributed by atoms with Gasteiger partial charge in [-0.2, -0.15) is 0 Å². The zero-order valence-corrected chi connectivity index (χ0v) is 19.6. The lowest BCUT2D eigenvalue weighted by atomic mass is 9.91. The highest BCUT2D eigenvalue weighted by Gasteiger charge is 2.35. The average molecular weight is 472 g/mol. The molecule has 178 valence electrons. The van der Waals surface area contributed by atoms with Crippen molar-refractivity contribution in [3.8, 4) is 23.0 Å². The van der Waals surface area contributed by atoms with Gasteiger partial charge in [-0.05, 0) is 59.5 Å². The SMILES string of the molecule is CCCOc1cc(/C=C2/C(=O)N(Cc3ccc4c(c3)OCO4)C(=O)c3ccccc32)ccc1OC. The number of benzene rings is 3. The number of carbonyl (C=O) groups is 2. The maximum Gasteiger partial charge on any atom is 0.261 e. The summed E-state index contributed by atoms with van der Waals surface area (Å²) in [4.78, 5) is 28.2. The summed E-state index contributed by atoms with van der Waals surface area (Å²) in [7, 11) is 1.59. The van der Waals surface area contributed by atoms with Crippen LogP contribution in [0.25, 0.3) is 11.6 Å². The van der Waals surface area contributed by atoms with Gasteiger partial charge in [0, 0.05) is 11.1 Å². The van der Waals surface area contributed by atoms with Crippen LogP contribution < -0.4 is 18.9 Å². The molecule has 2 aliphatic rings. The van der Waals surface area contributed by atoms with E-state index >= 15 is 0 Å². The van der Waals surface area contributed by atoms with Gasteiger partial charge in [0.1, 0.15) is 0 Å². The van der Waals surface area contributed by atoms with Crippen LogP contribution >= 0.6 is 0 Å². The van der Waals surface area contributed by atoms with Crippen molar-refractivity contribution in [2.24, 2.45) is 0 Å². The van der Waals surface area contributed by atoms with Crippen LogP contribution in [-0.4, -0.2) is 37.2 Å². The van der Waals surface area contributed by atoms with Crippen molar-refractivity contribution in [3.63, 3.8) is 0 Å². The molecule has 2 amide bonds. The van der Waals surface area contributed by atoms with E-state index < -0.39 is 0 Å². The van der Waals surface area contributed by atoms with E-state index in [1.54, 1.807) is 43.5 Å². The number of hydrogen-bond donors (Lipinski definition) is 0. The highest BCUT2D eigenvalue weighted by molar-refractivity contribution is 6.33. The smallest absolute Gasteiger partial charge is 0.261 e. The number of ether oxygens (including phenoxy) is 4. The fraction of sp³-hybridized carbons (Fsp3) is 0.214. The van der Waals surface area contributed by atoms with E-state index in [4.69, 9.17) is 18.9 Å². The highest BCUT2D eigenvalue weighted by atomic mass is 16.7. The summed E-state index contributed by atoms with van der Waals surface area (Å²) < 4.78 is 22.1. The summed E-state index contributed by atoms with van der Waals surface area (Å²) in [5.74, 6) is 1.79. The molecule has 0 atom stereocenters. The van der Waals surface area contributed by atoms with Crippen LogP contribution in [0.3, 0.4) is 0 Å². The van der Waals surface area contributed by atoms with Gasteiger partial charge in [0.25, 0.3) is 11.8 Å². The molecule has 0 aromatic heterocycles. The largest absolute Gasteiger partial charge is 0.493 e. The van der Waals surface area contributed by atoms with E-state index in [-0.39, 0.29) is 25.2 Å². The molecule has 3 aromatic rings. The number of methoxy groups -OCH3 is 1. The minimum atomic E-state index is -0.363. The molecule has 0 aliphatic carbocycles. The maximum atomic E-state index is 13.6. The van der Waals surface area contributed by atoms with Gasteiger partial charge in [-0.3, -0.25) is 14.5 Å². The lowest BCUT2D eigenvalue weighted by Gasteiger charge is -2.29. The summed E-state index contributed by atoms with van der Waals surface area (Å²) in [6.07, 6.45) is 2.65. The first-order valence-corrected chi connectivity index (χ1v) is 11.5. The Hall–Kier alpha value is -4.26. The topological polar surface area (TPSA) is 74.3 Å². The third-order valence-corrected chi connectivity index (χ3v) is 5.91. The lowest BCUT2D eigenvalue weighted by Crippen LogP contribution is -2.41. The van der Waals surface area contributed by atoms with Crippen molar-refractivity contribution in [1.29, 1.82) is 0 Å². The Bertz CT molecular complexity index is 1330. The van der Waals surface area contributed by atoms with Crippen LogP contribution in [-0.2, 0) is 11.3 Å². The van der Waals surface area contributed by atoms with Gasteiger partial charge in [-0.25, -0.2) is 0 Å². The van der Waals surface area contributed by atoms with Crippen molar-refractivity contribution in [1.82, 2.24) is 4.90 Å². The Morgan fingerprint density at radius 2 is 1.71 bits per heavy atom. The Morgan fingerprint density at radius 1 is 0.914 bits per heavy atom. The molecule has 2 aliphatic heterocycles. The molecule has 7 heteroatoms. The zero-order chi connectivity index (χ0) is 24.4. The molecule has 3 aromatic carbocycles. The standard InChI is InChI=1S/C28H25NO6/c1-3-12-33-25-14-18(8-10-23(25)32-2)13-22-20-6-4-5-7-21(20)27(30)29(28(22)31)16-19-9-11-24-26(15-19)35-17-34-24/h4-11,13-15H,3,12,16-17H2,1-2H3/b22-13+. The van der Waals surface area contributed by atoms with Gasteiger partial charge in [-0.15, -0.1) is 0 Å². The van der Waals surface area contributed by atoms with Gasteiger partial charge in [0.15, 0.2) is 23.0 Å². The second-order valence-corrected chi connectivity index (χ2v) is 8.25. The van der Waals surface area contributed by atoms with Crippen molar-refractivity contribution in [3.05, 3.63) is 82.9 Å². The molecule has 0 fully saturated rings. The minimum Gasteiger partial charge on any atom is -0.493 e. The number of fused-ring (bicyclic) bond motifs is 2. The Balaban J connectivity index is 1.53. The average Bonchev–Trinajstić information content (AvgIpc) is 3.36. The predicted molar refractivity (Wildman–Crippen MR) is 131 cm³/mol. The van der Waals surface area contributed by atoms with Crippen LogP contribution in [0.5, 0.6) is 23.0 Å². The van der Waals surface area contributed by atoms with Gasteiger partial charge in [0.05, 0.1) is 20.3 Å². The van der Waals surface area contributed by atoms with Crippen molar-refractivity contribution in [2.75, 3.05) is 20.5 Å². The molecule has 5 rings (SSSR count). The quantitative estimate of drug-likeness (QED) is 0.359. The number of amides is 2. The fourth-order valence-electron chi connectivity index (χ4n) is 4.18. The van der Waals surface area contributed by atoms with E-state index in [1.165, 1.54) is 4.90 Å². The first kappa shape index (κ1) is 22.5. The Morgan fingerprint density at radius 3 is 2.51 bits per heavy atom. The molecule has 0 radical (unpaired) electrons. The van der Waals surface area contributed by atoms with Crippen molar-refractivity contribution < 1.29 is 28.5 Å². The van der Waals surface area contributed by atoms with Crippen molar-refractivity contribution >= 4 is 23.5 Å². The number of imide groups is 1. The van der Waals surface area contributed by atoms with Crippen LogP contribution in [0.15, 0.2) is 60.7 Å². The molecule has 0 bridgehead atoms. The normalized spacial score (nSPS) is 15.4. The van der Waals surface area contributed by atoms with E-state index in [0.717, 1.165) is 17.5 Å². The predicted octanol–water partition coefficient (Wildman–Crippen LogP) is 4.94. The Kier molecular flexibility index (Phi) is 6.14. The lowest BCUT2D eigenvalue weighted by molar-refractivity contribution is -0.123. The molecule has 0 N–H and O–H groups in total. The number of rotatable bonds is 7. The zero-order valence-electron chi connectivity index (χ0n) is 19.6. The van der Waals surface area contributed by atoms with E-state index in [9.17, 15) is 9.59 Å². The second-order valence-electron chi connectivity index (χ2n) is 8.25. The second kappa shape index (κ2) is 9.54. The van der Waals surface area contributed by atoms with Crippen molar-refractivity contribution in [2.45, 2.75) is 19.9 Å². The van der Waals surface area contributed by atoms with E-state index in [1.807, 2.05) is 37.3 Å². The van der Waals surface area contributed by atoms with Crippen LogP contribution in [0.1, 0.15) is 40.4 Å². The molecular weight excluding hydrogens is 446 g/mol. The summed E-state index contributed by atoms with van der Waals surface area (Å²) >= 11 is 0. The number of carbonyl (C=O) groups excluding carboxylic acids is 2. The number of nitrogens with zero attached hydrogens (tertiary/aromatic N) is 1. The molecule has 7 nitrogen and oxygen atoms in total. The molecule has 35 heavy (non-hydrogen) atoms. The van der Waals surface area contributed by atoms with Gasteiger partial charge in [-0.1, -0.05) is 37.3 Å². The summed E-state index contributed by atoms with van der Waals surface area (Å²) in [5.41, 5.74) is 3.07. The molecule has 0 saturated carbocycles. The third-order valence-electron chi connectivity index (χ3n) is 5.91. The number of hydrogen-bond acceptors (Lipinski definition) is 6. The van der Waals surface area contributed by atoms with E-state index in [2.05, 4.69) is 0 Å². The summed E-state index contributed by atoms with van der Waals surface area (Å²) in [5, 5.41) is 0. The molecular formula is C28H25NO6. The monoisotopic (exact) mass is 471 g/mol. The van der Waals surface area contributed by atoms with Crippen LogP contribution in [0.4, 0.5) is 0 Å². The first-order chi connectivity index (χ1) is 17.1. The third kappa shape index (κ3) is 4.33. The minimum absolute atomic E-state index is 0.119. The molecule has 0 saturated heterocycles. The van der Waals surface area contributed by atoms with Crippen LogP contribution in [0, 0.1) is 0 Å². The Labute approximate surface area is 203 Å². The first-order valence-electron chi connectivity index (χ1n) is 11.5. The molecule has 0 unspecified atom stereocenters.